The number of alkyl halides is 10. The number of benzene rings is 4. The van der Waals surface area contributed by atoms with E-state index in [1.807, 2.05) is 20.8 Å². The van der Waals surface area contributed by atoms with Crippen LogP contribution in [0.2, 0.25) is 5.02 Å². The Bertz CT molecular complexity index is 1800. The summed E-state index contributed by atoms with van der Waals surface area (Å²) in [4.78, 5) is 0. The Morgan fingerprint density at radius 3 is 1.11 bits per heavy atom. The molecule has 0 aliphatic carbocycles. The lowest BCUT2D eigenvalue weighted by Gasteiger charge is -2.24. The molecule has 0 aromatic heterocycles. The Labute approximate surface area is 329 Å². The molecular weight excluding hydrogens is 773 g/mol. The topological polar surface area (TPSA) is 0 Å². The van der Waals surface area contributed by atoms with E-state index in [1.54, 1.807) is 86.6 Å². The van der Waals surface area contributed by atoms with Gasteiger partial charge in [0, 0.05) is 16.1 Å². The van der Waals surface area contributed by atoms with Gasteiger partial charge < -0.3 is 0 Å². The summed E-state index contributed by atoms with van der Waals surface area (Å²) >= 11 is 5.71. The molecule has 0 aliphatic rings. The van der Waals surface area contributed by atoms with E-state index in [-0.39, 0.29) is 22.1 Å². The standard InChI is InChI=1S/C11H12ClF3.2C11H13F3.C11H14F2/c1-10(2,3)9-6-7(12)4-5-8(9)11(13,14)15;1-11(2,3)9-6-7(12)4-5-8(9)10(13)14;1-10(2,3)8-6-4-5-7-9(8)11(12,13)14;1-11(2,3)9-7-5-4-6-8(9)10(12)13/h4-6H,1-3H3;4-6,10H,1-3H3;4-7H,1-3H3;4-7,10H,1-3H3. The van der Waals surface area contributed by atoms with Crippen LogP contribution in [0.1, 0.15) is 140 Å². The zero-order valence-electron chi connectivity index (χ0n) is 33.8. The first-order valence-corrected chi connectivity index (χ1v) is 18.0. The molecule has 0 N–H and O–H groups in total. The van der Waals surface area contributed by atoms with E-state index in [0.717, 1.165) is 29.8 Å². The minimum Gasteiger partial charge on any atom is -0.207 e. The summed E-state index contributed by atoms with van der Waals surface area (Å²) in [6.45, 7) is 21.7. The molecule has 0 atom stereocenters. The van der Waals surface area contributed by atoms with Gasteiger partial charge in [0.2, 0.25) is 0 Å². The first kappa shape index (κ1) is 50.4. The van der Waals surface area contributed by atoms with Crippen LogP contribution in [0.3, 0.4) is 0 Å². The second-order valence-corrected chi connectivity index (χ2v) is 17.6. The zero-order valence-corrected chi connectivity index (χ0v) is 34.5. The highest BCUT2D eigenvalue weighted by atomic mass is 35.5. The lowest BCUT2D eigenvalue weighted by Crippen LogP contribution is -2.19. The van der Waals surface area contributed by atoms with Crippen LogP contribution in [0, 0.1) is 5.82 Å². The monoisotopic (exact) mass is 824 g/mol. The Hall–Kier alpha value is -3.60. The summed E-state index contributed by atoms with van der Waals surface area (Å²) in [5.74, 6) is -0.473. The molecule has 0 fully saturated rings. The fourth-order valence-corrected chi connectivity index (χ4v) is 5.68. The molecular formula is C44H52ClF11. The summed E-state index contributed by atoms with van der Waals surface area (Å²) in [5.41, 5.74) is -1.16. The first-order chi connectivity index (χ1) is 25.1. The van der Waals surface area contributed by atoms with Crippen molar-refractivity contribution in [2.75, 3.05) is 0 Å². The quantitative estimate of drug-likeness (QED) is 0.177. The summed E-state index contributed by atoms with van der Waals surface area (Å²) in [5, 5.41) is 0.327. The minimum atomic E-state index is -4.33. The SMILES string of the molecule is CC(C)(C)c1cc(Cl)ccc1C(F)(F)F.CC(C)(C)c1cc(F)ccc1C(F)F.CC(C)(C)c1ccccc1C(F)(F)F.CC(C)(C)c1ccccc1C(F)F. The smallest absolute Gasteiger partial charge is 0.207 e. The Morgan fingerprint density at radius 2 is 0.750 bits per heavy atom. The summed E-state index contributed by atoms with van der Waals surface area (Å²) in [7, 11) is 0. The third kappa shape index (κ3) is 15.7. The van der Waals surface area contributed by atoms with Crippen LogP contribution < -0.4 is 0 Å². The minimum absolute atomic E-state index is 0.0844. The van der Waals surface area contributed by atoms with E-state index < -0.39 is 58.4 Å². The predicted molar refractivity (Wildman–Crippen MR) is 205 cm³/mol. The number of rotatable bonds is 2. The zero-order chi connectivity index (χ0) is 43.8. The van der Waals surface area contributed by atoms with E-state index in [9.17, 15) is 48.3 Å². The van der Waals surface area contributed by atoms with Crippen LogP contribution in [0.15, 0.2) is 84.9 Å². The molecule has 0 heterocycles. The summed E-state index contributed by atoms with van der Waals surface area (Å²) < 4.78 is 139. The Morgan fingerprint density at radius 1 is 0.393 bits per heavy atom. The van der Waals surface area contributed by atoms with Crippen LogP contribution in [0.25, 0.3) is 0 Å². The highest BCUT2D eigenvalue weighted by Gasteiger charge is 2.37. The fraction of sp³-hybridized carbons (Fsp3) is 0.455. The molecule has 0 nitrogen and oxygen atoms in total. The van der Waals surface area contributed by atoms with Crippen molar-refractivity contribution < 1.29 is 48.3 Å². The predicted octanol–water partition coefficient (Wildman–Crippen LogP) is 16.6. The fourth-order valence-electron chi connectivity index (χ4n) is 5.51. The molecule has 0 aliphatic heterocycles. The maximum Gasteiger partial charge on any atom is 0.416 e. The van der Waals surface area contributed by atoms with E-state index in [4.69, 9.17) is 11.6 Å². The van der Waals surface area contributed by atoms with E-state index in [2.05, 4.69) is 0 Å². The number of hydrogen-bond donors (Lipinski definition) is 0. The second kappa shape index (κ2) is 19.2. The van der Waals surface area contributed by atoms with Gasteiger partial charge in [0.05, 0.1) is 11.1 Å². The molecule has 0 saturated carbocycles. The molecule has 0 radical (unpaired) electrons. The van der Waals surface area contributed by atoms with Crippen LogP contribution in [-0.2, 0) is 34.0 Å². The first-order valence-electron chi connectivity index (χ1n) is 17.6. The van der Waals surface area contributed by atoms with Crippen molar-refractivity contribution in [3.05, 3.63) is 140 Å². The molecule has 4 aromatic rings. The largest absolute Gasteiger partial charge is 0.416 e. The highest BCUT2D eigenvalue weighted by molar-refractivity contribution is 6.30. The second-order valence-electron chi connectivity index (χ2n) is 17.2. The average Bonchev–Trinajstić information content (AvgIpc) is 3.03. The van der Waals surface area contributed by atoms with Gasteiger partial charge in [0.1, 0.15) is 5.82 Å². The molecule has 0 spiro atoms. The van der Waals surface area contributed by atoms with Gasteiger partial charge in [-0.05, 0) is 80.3 Å². The molecule has 4 aromatic carbocycles. The third-order valence-corrected chi connectivity index (χ3v) is 8.43. The van der Waals surface area contributed by atoms with Gasteiger partial charge in [-0.3, -0.25) is 0 Å². The molecule has 0 bridgehead atoms. The van der Waals surface area contributed by atoms with Crippen molar-refractivity contribution in [2.24, 2.45) is 0 Å². The van der Waals surface area contributed by atoms with Crippen molar-refractivity contribution in [3.8, 4) is 0 Å². The molecule has 56 heavy (non-hydrogen) atoms. The normalized spacial score (nSPS) is 12.6. The van der Waals surface area contributed by atoms with Gasteiger partial charge in [-0.25, -0.2) is 22.0 Å². The van der Waals surface area contributed by atoms with Crippen LogP contribution in [0.5, 0.6) is 0 Å². The van der Waals surface area contributed by atoms with Crippen LogP contribution in [-0.4, -0.2) is 0 Å². The lowest BCUT2D eigenvalue weighted by molar-refractivity contribution is -0.139. The van der Waals surface area contributed by atoms with Gasteiger partial charge in [0.15, 0.2) is 0 Å². The third-order valence-electron chi connectivity index (χ3n) is 8.20. The van der Waals surface area contributed by atoms with Crippen molar-refractivity contribution in [1.82, 2.24) is 0 Å². The van der Waals surface area contributed by atoms with Gasteiger partial charge in [-0.15, -0.1) is 0 Å². The number of halogens is 12. The van der Waals surface area contributed by atoms with Gasteiger partial charge in [-0.1, -0.05) is 143 Å². The lowest BCUT2D eigenvalue weighted by atomic mass is 9.83. The highest BCUT2D eigenvalue weighted by Crippen LogP contribution is 2.39. The van der Waals surface area contributed by atoms with Crippen LogP contribution >= 0.6 is 11.6 Å². The van der Waals surface area contributed by atoms with E-state index in [0.29, 0.717) is 16.1 Å². The van der Waals surface area contributed by atoms with Crippen LogP contribution in [0.4, 0.5) is 48.3 Å². The van der Waals surface area contributed by atoms with Crippen molar-refractivity contribution >= 4 is 11.6 Å². The van der Waals surface area contributed by atoms with Gasteiger partial charge in [-0.2, -0.15) is 26.3 Å². The van der Waals surface area contributed by atoms with Crippen molar-refractivity contribution in [3.63, 3.8) is 0 Å². The van der Waals surface area contributed by atoms with E-state index in [1.165, 1.54) is 36.4 Å². The molecule has 0 saturated heterocycles. The molecule has 4 rings (SSSR count). The maximum atomic E-state index is 12.9. The molecule has 12 heteroatoms. The molecule has 0 unspecified atom stereocenters. The molecule has 312 valence electrons. The van der Waals surface area contributed by atoms with Gasteiger partial charge in [0.25, 0.3) is 12.9 Å². The summed E-state index contributed by atoms with van der Waals surface area (Å²) in [6, 6.07) is 19.5. The van der Waals surface area contributed by atoms with Crippen molar-refractivity contribution in [2.45, 2.75) is 130 Å². The number of hydrogen-bond acceptors (Lipinski definition) is 0. The average molecular weight is 825 g/mol. The van der Waals surface area contributed by atoms with Crippen molar-refractivity contribution in [1.29, 1.82) is 0 Å². The van der Waals surface area contributed by atoms with Gasteiger partial charge >= 0.3 is 12.4 Å². The maximum absolute atomic E-state index is 12.9. The summed E-state index contributed by atoms with van der Waals surface area (Å²) in [6.07, 6.45) is -13.5. The Kier molecular flexibility index (Phi) is 17.3. The van der Waals surface area contributed by atoms with E-state index >= 15 is 0 Å². The Balaban J connectivity index is 0.000000374. The molecule has 0 amide bonds.